The molecule has 0 aromatic heterocycles. The number of hydrogen-bond donors (Lipinski definition) is 2. The highest BCUT2D eigenvalue weighted by Gasteiger charge is 2.49. The molecule has 2 rings (SSSR count). The van der Waals surface area contributed by atoms with Gasteiger partial charge in [0.15, 0.2) is 0 Å². The van der Waals surface area contributed by atoms with E-state index in [-0.39, 0.29) is 0 Å². The van der Waals surface area contributed by atoms with Crippen LogP contribution in [0.3, 0.4) is 0 Å². The van der Waals surface area contributed by atoms with E-state index in [2.05, 4.69) is 0 Å². The first-order chi connectivity index (χ1) is 9.39. The molecule has 1 aromatic rings. The number of carbonyl (C=O) groups is 2. The zero-order chi connectivity index (χ0) is 14.9. The minimum Gasteiger partial charge on any atom is -0.481 e. The predicted octanol–water partition coefficient (Wildman–Crippen LogP) is 2.74. The minimum absolute atomic E-state index is 0.526. The maximum atomic E-state index is 11.7. The molecular formula is C16H16O4. The van der Waals surface area contributed by atoms with E-state index < -0.39 is 23.3 Å². The molecule has 4 nitrogen and oxygen atoms in total. The Bertz CT molecular complexity index is 627. The molecule has 20 heavy (non-hydrogen) atoms. The second-order valence-electron chi connectivity index (χ2n) is 5.10. The second-order valence-corrected chi connectivity index (χ2v) is 5.10. The molecule has 0 aliphatic heterocycles. The summed E-state index contributed by atoms with van der Waals surface area (Å²) in [6.07, 6.45) is 4.74. The Morgan fingerprint density at radius 1 is 1.20 bits per heavy atom. The fourth-order valence-electron chi connectivity index (χ4n) is 2.62. The largest absolute Gasteiger partial charge is 0.481 e. The highest BCUT2D eigenvalue weighted by Crippen LogP contribution is 2.45. The summed E-state index contributed by atoms with van der Waals surface area (Å²) in [7, 11) is 0. The first-order valence-electron chi connectivity index (χ1n) is 6.30. The lowest BCUT2D eigenvalue weighted by atomic mass is 9.66. The number of benzene rings is 1. The van der Waals surface area contributed by atoms with E-state index in [1.165, 1.54) is 13.0 Å². The van der Waals surface area contributed by atoms with Crippen molar-refractivity contribution in [1.82, 2.24) is 0 Å². The van der Waals surface area contributed by atoms with Crippen molar-refractivity contribution in [3.8, 4) is 0 Å². The lowest BCUT2D eigenvalue weighted by Crippen LogP contribution is -2.41. The Morgan fingerprint density at radius 2 is 1.85 bits per heavy atom. The van der Waals surface area contributed by atoms with Crippen LogP contribution in [0.2, 0.25) is 0 Å². The van der Waals surface area contributed by atoms with Crippen LogP contribution in [0.25, 0.3) is 5.57 Å². The molecule has 0 saturated heterocycles. The molecule has 1 aliphatic rings. The van der Waals surface area contributed by atoms with E-state index in [9.17, 15) is 19.8 Å². The summed E-state index contributed by atoms with van der Waals surface area (Å²) < 4.78 is 0. The number of rotatable bonds is 3. The Hall–Kier alpha value is -2.36. The molecule has 0 bridgehead atoms. The first-order valence-corrected chi connectivity index (χ1v) is 6.30. The number of hydrogen-bond acceptors (Lipinski definition) is 2. The molecule has 0 fully saturated rings. The normalized spacial score (nSPS) is 25.1. The van der Waals surface area contributed by atoms with Gasteiger partial charge in [-0.2, -0.15) is 0 Å². The van der Waals surface area contributed by atoms with Crippen LogP contribution < -0.4 is 0 Å². The first kappa shape index (κ1) is 14.1. The molecule has 2 N–H and O–H groups in total. The van der Waals surface area contributed by atoms with Gasteiger partial charge in [0, 0.05) is 0 Å². The molecule has 4 heteroatoms. The standard InChI is InChI=1S/C16H16O4/c1-10-6-3-4-7-11(10)12-8-5-9-13(14(17)18)16(12,2)15(19)20/h3-9,13H,1-2H3,(H,17,18)(H,19,20). The van der Waals surface area contributed by atoms with Gasteiger partial charge in [-0.25, -0.2) is 0 Å². The van der Waals surface area contributed by atoms with Gasteiger partial charge >= 0.3 is 11.9 Å². The lowest BCUT2D eigenvalue weighted by Gasteiger charge is -2.34. The Labute approximate surface area is 117 Å². The van der Waals surface area contributed by atoms with E-state index in [0.29, 0.717) is 5.57 Å². The molecule has 2 atom stereocenters. The van der Waals surface area contributed by atoms with Crippen molar-refractivity contribution in [2.24, 2.45) is 11.3 Å². The lowest BCUT2D eigenvalue weighted by molar-refractivity contribution is -0.155. The average Bonchev–Trinajstić information content (AvgIpc) is 2.39. The molecule has 0 saturated carbocycles. The maximum absolute atomic E-state index is 11.7. The number of carboxylic acids is 2. The van der Waals surface area contributed by atoms with Gasteiger partial charge in [0.05, 0.1) is 5.92 Å². The Kier molecular flexibility index (Phi) is 3.49. The summed E-state index contributed by atoms with van der Waals surface area (Å²) in [5.74, 6) is -3.35. The predicted molar refractivity (Wildman–Crippen MR) is 75.2 cm³/mol. The molecule has 0 heterocycles. The zero-order valence-corrected chi connectivity index (χ0v) is 11.3. The quantitative estimate of drug-likeness (QED) is 0.887. The van der Waals surface area contributed by atoms with Crippen LogP contribution in [0.15, 0.2) is 42.5 Å². The van der Waals surface area contributed by atoms with Gasteiger partial charge in [0.1, 0.15) is 5.41 Å². The highest BCUT2D eigenvalue weighted by atomic mass is 16.4. The molecule has 2 unspecified atom stereocenters. The molecule has 0 radical (unpaired) electrons. The van der Waals surface area contributed by atoms with Crippen LogP contribution in [-0.4, -0.2) is 22.2 Å². The molecule has 1 aliphatic carbocycles. The van der Waals surface area contributed by atoms with Crippen LogP contribution in [-0.2, 0) is 9.59 Å². The third kappa shape index (κ3) is 2.03. The minimum atomic E-state index is -1.48. The third-order valence-electron chi connectivity index (χ3n) is 3.89. The summed E-state index contributed by atoms with van der Waals surface area (Å²) in [5.41, 5.74) is 0.740. The number of aliphatic carboxylic acids is 2. The maximum Gasteiger partial charge on any atom is 0.315 e. The van der Waals surface area contributed by atoms with Crippen molar-refractivity contribution in [3.63, 3.8) is 0 Å². The number of allylic oxidation sites excluding steroid dienone is 2. The number of carboxylic acid groups (broad SMARTS) is 2. The van der Waals surface area contributed by atoms with Gasteiger partial charge in [-0.1, -0.05) is 42.5 Å². The van der Waals surface area contributed by atoms with Crippen molar-refractivity contribution in [2.45, 2.75) is 13.8 Å². The van der Waals surface area contributed by atoms with E-state index in [1.807, 2.05) is 31.2 Å². The molecular weight excluding hydrogens is 256 g/mol. The van der Waals surface area contributed by atoms with Crippen molar-refractivity contribution < 1.29 is 19.8 Å². The van der Waals surface area contributed by atoms with Crippen molar-refractivity contribution in [3.05, 3.63) is 53.6 Å². The van der Waals surface area contributed by atoms with Crippen LogP contribution in [0, 0.1) is 18.3 Å². The summed E-state index contributed by atoms with van der Waals surface area (Å²) in [6.45, 7) is 3.35. The molecule has 1 aromatic carbocycles. The van der Waals surface area contributed by atoms with Gasteiger partial charge < -0.3 is 10.2 Å². The van der Waals surface area contributed by atoms with E-state index in [0.717, 1.165) is 11.1 Å². The SMILES string of the molecule is Cc1ccccc1C1=CC=CC(C(=O)O)C1(C)C(=O)O. The Morgan fingerprint density at radius 3 is 2.40 bits per heavy atom. The molecule has 104 valence electrons. The summed E-state index contributed by atoms with van der Waals surface area (Å²) in [4.78, 5) is 23.1. The van der Waals surface area contributed by atoms with Crippen LogP contribution >= 0.6 is 0 Å². The van der Waals surface area contributed by atoms with Crippen molar-refractivity contribution in [2.75, 3.05) is 0 Å². The summed E-state index contributed by atoms with van der Waals surface area (Å²) in [6, 6.07) is 7.39. The van der Waals surface area contributed by atoms with Crippen molar-refractivity contribution in [1.29, 1.82) is 0 Å². The van der Waals surface area contributed by atoms with Crippen molar-refractivity contribution >= 4 is 17.5 Å². The average molecular weight is 272 g/mol. The third-order valence-corrected chi connectivity index (χ3v) is 3.89. The molecule has 0 amide bonds. The van der Waals surface area contributed by atoms with Crippen LogP contribution in [0.1, 0.15) is 18.1 Å². The fourth-order valence-corrected chi connectivity index (χ4v) is 2.62. The zero-order valence-electron chi connectivity index (χ0n) is 11.3. The monoisotopic (exact) mass is 272 g/mol. The van der Waals surface area contributed by atoms with Gasteiger partial charge in [-0.15, -0.1) is 0 Å². The molecule has 0 spiro atoms. The van der Waals surface area contributed by atoms with E-state index in [4.69, 9.17) is 0 Å². The van der Waals surface area contributed by atoms with E-state index >= 15 is 0 Å². The van der Waals surface area contributed by atoms with Gasteiger partial charge in [0.2, 0.25) is 0 Å². The highest BCUT2D eigenvalue weighted by molar-refractivity contribution is 5.99. The van der Waals surface area contributed by atoms with Crippen LogP contribution in [0.4, 0.5) is 0 Å². The van der Waals surface area contributed by atoms with E-state index in [1.54, 1.807) is 12.2 Å². The number of aryl methyl sites for hydroxylation is 1. The summed E-state index contributed by atoms with van der Waals surface area (Å²) >= 11 is 0. The summed E-state index contributed by atoms with van der Waals surface area (Å²) in [5, 5.41) is 18.9. The van der Waals surface area contributed by atoms with Gasteiger partial charge in [-0.05, 0) is 30.5 Å². The Balaban J connectivity index is 2.65. The smallest absolute Gasteiger partial charge is 0.315 e. The van der Waals surface area contributed by atoms with Gasteiger partial charge in [0.25, 0.3) is 0 Å². The van der Waals surface area contributed by atoms with Crippen LogP contribution in [0.5, 0.6) is 0 Å². The fraction of sp³-hybridized carbons (Fsp3) is 0.250. The second kappa shape index (κ2) is 4.96. The topological polar surface area (TPSA) is 74.6 Å². The van der Waals surface area contributed by atoms with Gasteiger partial charge in [-0.3, -0.25) is 9.59 Å².